The van der Waals surface area contributed by atoms with E-state index in [9.17, 15) is 17.6 Å². The van der Waals surface area contributed by atoms with Gasteiger partial charge in [0.25, 0.3) is 5.91 Å². The molecular formula is C18H17FN4O3S2. The Morgan fingerprint density at radius 1 is 1.25 bits per heavy atom. The van der Waals surface area contributed by atoms with Crippen LogP contribution in [0.5, 0.6) is 0 Å². The molecule has 0 atom stereocenters. The van der Waals surface area contributed by atoms with Gasteiger partial charge in [-0.25, -0.2) is 22.6 Å². The van der Waals surface area contributed by atoms with Crippen LogP contribution in [0.15, 0.2) is 40.6 Å². The Bertz CT molecular complexity index is 1170. The number of nitrogens with two attached hydrogens (primary N) is 1. The number of benzene rings is 1. The highest BCUT2D eigenvalue weighted by atomic mass is 32.2. The van der Waals surface area contributed by atoms with Crippen LogP contribution in [0.3, 0.4) is 0 Å². The summed E-state index contributed by atoms with van der Waals surface area (Å²) in [5.74, 6) is -0.778. The maximum absolute atomic E-state index is 14.2. The summed E-state index contributed by atoms with van der Waals surface area (Å²) in [6, 6.07) is 9.33. The normalized spacial score (nSPS) is 13.5. The average Bonchev–Trinajstić information content (AvgIpc) is 3.36. The number of amides is 1. The third kappa shape index (κ3) is 3.46. The van der Waals surface area contributed by atoms with Crippen LogP contribution in [-0.4, -0.2) is 24.1 Å². The summed E-state index contributed by atoms with van der Waals surface area (Å²) >= 11 is 1.00. The first-order valence-electron chi connectivity index (χ1n) is 8.60. The minimum atomic E-state index is -3.76. The number of aromatic nitrogens is 2. The first kappa shape index (κ1) is 18.8. The van der Waals surface area contributed by atoms with Gasteiger partial charge in [0.1, 0.15) is 15.7 Å². The lowest BCUT2D eigenvalue weighted by Crippen LogP contribution is -2.24. The molecule has 1 amide bonds. The molecule has 2 aromatic heterocycles. The maximum Gasteiger partial charge on any atom is 0.272 e. The molecule has 3 aromatic rings. The Morgan fingerprint density at radius 2 is 2.04 bits per heavy atom. The van der Waals surface area contributed by atoms with Gasteiger partial charge in [-0.05, 0) is 43.5 Å². The van der Waals surface area contributed by atoms with Gasteiger partial charge in [0, 0.05) is 16.1 Å². The number of halogens is 1. The van der Waals surface area contributed by atoms with Crippen molar-refractivity contribution in [3.05, 3.63) is 64.0 Å². The molecule has 28 heavy (non-hydrogen) atoms. The van der Waals surface area contributed by atoms with Crippen LogP contribution in [0, 0.1) is 5.82 Å². The molecule has 3 N–H and O–H groups in total. The van der Waals surface area contributed by atoms with E-state index in [4.69, 9.17) is 5.14 Å². The number of nitrogens with zero attached hydrogens (tertiary/aromatic N) is 2. The van der Waals surface area contributed by atoms with Crippen molar-refractivity contribution in [3.63, 3.8) is 0 Å². The molecular weight excluding hydrogens is 403 g/mol. The predicted molar refractivity (Wildman–Crippen MR) is 102 cm³/mol. The van der Waals surface area contributed by atoms with Crippen molar-refractivity contribution in [1.29, 1.82) is 0 Å². The number of carbonyl (C=O) groups is 1. The van der Waals surface area contributed by atoms with E-state index in [1.54, 1.807) is 24.3 Å². The van der Waals surface area contributed by atoms with Crippen LogP contribution in [0.4, 0.5) is 4.39 Å². The van der Waals surface area contributed by atoms with E-state index in [1.807, 2.05) is 0 Å². The van der Waals surface area contributed by atoms with E-state index in [2.05, 4.69) is 10.4 Å². The number of primary sulfonamides is 1. The van der Waals surface area contributed by atoms with E-state index in [0.717, 1.165) is 35.4 Å². The van der Waals surface area contributed by atoms with Gasteiger partial charge < -0.3 is 5.32 Å². The monoisotopic (exact) mass is 420 g/mol. The Hall–Kier alpha value is -2.56. The lowest BCUT2D eigenvalue weighted by molar-refractivity contribution is 0.0945. The molecule has 2 heterocycles. The fourth-order valence-corrected chi connectivity index (χ4v) is 5.02. The number of hydrogen-bond donors (Lipinski definition) is 2. The molecule has 0 bridgehead atoms. The third-order valence-corrected chi connectivity index (χ3v) is 7.09. The van der Waals surface area contributed by atoms with Crippen LogP contribution in [0.25, 0.3) is 5.69 Å². The lowest BCUT2D eigenvalue weighted by atomic mass is 10.2. The van der Waals surface area contributed by atoms with Crippen LogP contribution < -0.4 is 10.5 Å². The standard InChI is InChI=1S/C18H17FN4O3S2/c19-13-5-1-2-6-15(13)23-14-7-3-4-12(14)17(22-23)18(24)21-10-11-8-9-16(27-11)28(20,25)26/h1-2,5-6,8-9H,3-4,7,10H2,(H,21,24)(H2,20,25,26). The maximum atomic E-state index is 14.2. The number of para-hydroxylation sites is 1. The molecule has 10 heteroatoms. The molecule has 0 radical (unpaired) electrons. The zero-order chi connectivity index (χ0) is 19.9. The van der Waals surface area contributed by atoms with Crippen molar-refractivity contribution in [2.24, 2.45) is 5.14 Å². The highest BCUT2D eigenvalue weighted by molar-refractivity contribution is 7.91. The molecule has 1 aromatic carbocycles. The van der Waals surface area contributed by atoms with Crippen LogP contribution >= 0.6 is 11.3 Å². The van der Waals surface area contributed by atoms with Gasteiger partial charge in [0.2, 0.25) is 10.0 Å². The molecule has 0 unspecified atom stereocenters. The van der Waals surface area contributed by atoms with Gasteiger partial charge in [-0.1, -0.05) is 12.1 Å². The molecule has 0 fully saturated rings. The summed E-state index contributed by atoms with van der Waals surface area (Å²) in [5.41, 5.74) is 2.27. The minimum Gasteiger partial charge on any atom is -0.346 e. The smallest absolute Gasteiger partial charge is 0.272 e. The fourth-order valence-electron chi connectivity index (χ4n) is 3.30. The number of sulfonamides is 1. The fraction of sp³-hybridized carbons (Fsp3) is 0.222. The van der Waals surface area contributed by atoms with Gasteiger partial charge in [-0.3, -0.25) is 4.79 Å². The van der Waals surface area contributed by atoms with E-state index >= 15 is 0 Å². The quantitative estimate of drug-likeness (QED) is 0.659. The van der Waals surface area contributed by atoms with Crippen molar-refractivity contribution in [2.45, 2.75) is 30.0 Å². The number of nitrogens with one attached hydrogen (secondary N) is 1. The molecule has 1 aliphatic rings. The molecule has 1 aliphatic carbocycles. The molecule has 4 rings (SSSR count). The molecule has 0 saturated carbocycles. The van der Waals surface area contributed by atoms with Gasteiger partial charge in [-0.15, -0.1) is 11.3 Å². The van der Waals surface area contributed by atoms with E-state index in [0.29, 0.717) is 17.0 Å². The van der Waals surface area contributed by atoms with E-state index < -0.39 is 15.8 Å². The molecule has 0 saturated heterocycles. The van der Waals surface area contributed by atoms with Crippen LogP contribution in [-0.2, 0) is 29.4 Å². The largest absolute Gasteiger partial charge is 0.346 e. The summed E-state index contributed by atoms with van der Waals surface area (Å²) in [7, 11) is -3.76. The van der Waals surface area contributed by atoms with Crippen molar-refractivity contribution < 1.29 is 17.6 Å². The Labute approximate surface area is 165 Å². The predicted octanol–water partition coefficient (Wildman–Crippen LogP) is 2.14. The van der Waals surface area contributed by atoms with Crippen LogP contribution in [0.1, 0.15) is 33.0 Å². The SMILES string of the molecule is NS(=O)(=O)c1ccc(CNC(=O)c2nn(-c3ccccc3F)c3c2CCC3)s1. The zero-order valence-corrected chi connectivity index (χ0v) is 16.3. The molecule has 7 nitrogen and oxygen atoms in total. The van der Waals surface area contributed by atoms with Gasteiger partial charge >= 0.3 is 0 Å². The number of rotatable bonds is 5. The van der Waals surface area contributed by atoms with Crippen LogP contribution in [0.2, 0.25) is 0 Å². The summed E-state index contributed by atoms with van der Waals surface area (Å²) in [5, 5.41) is 12.2. The second-order valence-corrected chi connectivity index (χ2v) is 9.40. The minimum absolute atomic E-state index is 0.0430. The summed E-state index contributed by atoms with van der Waals surface area (Å²) in [6.07, 6.45) is 2.32. The van der Waals surface area contributed by atoms with Gasteiger partial charge in [0.15, 0.2) is 5.69 Å². The Kier molecular flexibility index (Phi) is 4.77. The molecule has 0 aliphatic heterocycles. The van der Waals surface area contributed by atoms with Gasteiger partial charge in [0.05, 0.1) is 6.54 Å². The summed E-state index contributed by atoms with van der Waals surface area (Å²) < 4.78 is 38.5. The zero-order valence-electron chi connectivity index (χ0n) is 14.7. The van der Waals surface area contributed by atoms with E-state index in [1.165, 1.54) is 16.8 Å². The number of thiophene rings is 1. The van der Waals surface area contributed by atoms with Crippen molar-refractivity contribution in [2.75, 3.05) is 0 Å². The number of hydrogen-bond acceptors (Lipinski definition) is 5. The highest BCUT2D eigenvalue weighted by Crippen LogP contribution is 2.29. The Balaban J connectivity index is 1.58. The van der Waals surface area contributed by atoms with Gasteiger partial charge in [-0.2, -0.15) is 5.10 Å². The number of fused-ring (bicyclic) bond motifs is 1. The van der Waals surface area contributed by atoms with E-state index in [-0.39, 0.29) is 22.4 Å². The number of carbonyl (C=O) groups excluding carboxylic acids is 1. The highest BCUT2D eigenvalue weighted by Gasteiger charge is 2.27. The molecule has 0 spiro atoms. The first-order valence-corrected chi connectivity index (χ1v) is 11.0. The van der Waals surface area contributed by atoms with Crippen molar-refractivity contribution in [3.8, 4) is 5.69 Å². The summed E-state index contributed by atoms with van der Waals surface area (Å²) in [6.45, 7) is 0.153. The van der Waals surface area contributed by atoms with Crippen molar-refractivity contribution >= 4 is 27.3 Å². The topological polar surface area (TPSA) is 107 Å². The second-order valence-electron chi connectivity index (χ2n) is 6.44. The third-order valence-electron chi connectivity index (χ3n) is 4.57. The van der Waals surface area contributed by atoms with Crippen molar-refractivity contribution in [1.82, 2.24) is 15.1 Å². The summed E-state index contributed by atoms with van der Waals surface area (Å²) in [4.78, 5) is 13.3. The second kappa shape index (κ2) is 7.12. The molecule has 146 valence electrons. The Morgan fingerprint density at radius 3 is 2.75 bits per heavy atom. The lowest BCUT2D eigenvalue weighted by Gasteiger charge is -2.06. The average molecular weight is 420 g/mol. The first-order chi connectivity index (χ1) is 13.3.